The molecule has 0 bridgehead atoms. The molecule has 1 rings (SSSR count). The van der Waals surface area contributed by atoms with Gasteiger partial charge in [0.05, 0.1) is 25.8 Å². The molecule has 6 nitrogen and oxygen atoms in total. The molecule has 1 amide bonds. The number of hydrogen-bond acceptors (Lipinski definition) is 5. The fourth-order valence-electron chi connectivity index (χ4n) is 1.42. The summed E-state index contributed by atoms with van der Waals surface area (Å²) in [5.41, 5.74) is 0. The highest BCUT2D eigenvalue weighted by Crippen LogP contribution is 2.21. The summed E-state index contributed by atoms with van der Waals surface area (Å²) in [6.45, 7) is 0.712. The van der Waals surface area contributed by atoms with Crippen molar-refractivity contribution in [1.29, 1.82) is 5.26 Å². The van der Waals surface area contributed by atoms with Gasteiger partial charge < -0.3 is 14.4 Å². The third-order valence-electron chi connectivity index (χ3n) is 2.30. The molecule has 1 aliphatic heterocycles. The van der Waals surface area contributed by atoms with Crippen molar-refractivity contribution in [1.82, 2.24) is 4.90 Å². The monoisotopic (exact) mass is 262 g/mol. The fraction of sp³-hybridized carbons (Fsp3) is 0.700. The van der Waals surface area contributed by atoms with Crippen LogP contribution in [-0.2, 0) is 19.1 Å². The minimum Gasteiger partial charge on any atom is -0.461 e. The third-order valence-corrected chi connectivity index (χ3v) is 2.30. The number of nitriles is 1. The molecular formula is C10H12F2N2O4. The third kappa shape index (κ3) is 2.92. The van der Waals surface area contributed by atoms with Crippen LogP contribution in [0.25, 0.3) is 0 Å². The first-order chi connectivity index (χ1) is 8.43. The van der Waals surface area contributed by atoms with Crippen LogP contribution in [0.4, 0.5) is 8.78 Å². The Labute approximate surface area is 102 Å². The van der Waals surface area contributed by atoms with E-state index in [4.69, 9.17) is 10.00 Å². The Morgan fingerprint density at radius 2 is 2.28 bits per heavy atom. The van der Waals surface area contributed by atoms with E-state index in [0.29, 0.717) is 0 Å². The molecule has 1 aliphatic rings. The minimum absolute atomic E-state index is 0.0249. The second kappa shape index (κ2) is 5.73. The van der Waals surface area contributed by atoms with E-state index in [2.05, 4.69) is 4.74 Å². The molecule has 0 aromatic rings. The van der Waals surface area contributed by atoms with Gasteiger partial charge >= 0.3 is 17.8 Å². The van der Waals surface area contributed by atoms with Crippen molar-refractivity contribution in [3.8, 4) is 6.07 Å². The van der Waals surface area contributed by atoms with Gasteiger partial charge in [-0.05, 0) is 6.92 Å². The van der Waals surface area contributed by atoms with E-state index >= 15 is 0 Å². The maximum Gasteiger partial charge on any atom is 0.419 e. The normalized spacial score (nSPS) is 20.1. The average Bonchev–Trinajstić information content (AvgIpc) is 2.38. The van der Waals surface area contributed by atoms with E-state index < -0.39 is 23.9 Å². The van der Waals surface area contributed by atoms with Crippen molar-refractivity contribution >= 4 is 11.9 Å². The van der Waals surface area contributed by atoms with E-state index in [-0.39, 0.29) is 26.3 Å². The van der Waals surface area contributed by atoms with Crippen molar-refractivity contribution in [2.45, 2.75) is 19.0 Å². The molecule has 8 heteroatoms. The van der Waals surface area contributed by atoms with E-state index in [9.17, 15) is 18.4 Å². The number of amides is 1. The van der Waals surface area contributed by atoms with Crippen molar-refractivity contribution in [2.24, 2.45) is 0 Å². The lowest BCUT2D eigenvalue weighted by atomic mass is 10.2. The molecule has 0 aromatic carbocycles. The largest absolute Gasteiger partial charge is 0.461 e. The number of morpholine rings is 1. The van der Waals surface area contributed by atoms with Gasteiger partial charge in [-0.15, -0.1) is 0 Å². The van der Waals surface area contributed by atoms with Crippen LogP contribution in [0.1, 0.15) is 6.92 Å². The van der Waals surface area contributed by atoms with Crippen molar-refractivity contribution in [2.75, 3.05) is 26.3 Å². The smallest absolute Gasteiger partial charge is 0.419 e. The zero-order chi connectivity index (χ0) is 13.8. The number of esters is 1. The van der Waals surface area contributed by atoms with Crippen molar-refractivity contribution in [3.63, 3.8) is 0 Å². The summed E-state index contributed by atoms with van der Waals surface area (Å²) in [7, 11) is 0. The van der Waals surface area contributed by atoms with Gasteiger partial charge in [0, 0.05) is 6.54 Å². The van der Waals surface area contributed by atoms with Crippen molar-refractivity contribution < 1.29 is 27.8 Å². The lowest BCUT2D eigenvalue weighted by Gasteiger charge is -2.31. The Morgan fingerprint density at radius 1 is 1.61 bits per heavy atom. The molecule has 0 radical (unpaired) electrons. The maximum absolute atomic E-state index is 13.4. The summed E-state index contributed by atoms with van der Waals surface area (Å²) < 4.78 is 35.9. The Balaban J connectivity index is 2.74. The Hall–Kier alpha value is -1.75. The Kier molecular flexibility index (Phi) is 4.55. The lowest BCUT2D eigenvalue weighted by molar-refractivity contribution is -0.185. The SMILES string of the molecule is CCOC(=O)C(F)(F)C(=O)N1CCOC(C#N)C1. The van der Waals surface area contributed by atoms with Gasteiger partial charge in [-0.3, -0.25) is 4.79 Å². The number of ether oxygens (including phenoxy) is 2. The van der Waals surface area contributed by atoms with Gasteiger partial charge in [-0.25, -0.2) is 4.79 Å². The van der Waals surface area contributed by atoms with Crippen LogP contribution in [0.3, 0.4) is 0 Å². The number of rotatable bonds is 3. The average molecular weight is 262 g/mol. The topological polar surface area (TPSA) is 79.6 Å². The van der Waals surface area contributed by atoms with E-state index in [1.807, 2.05) is 0 Å². The fourth-order valence-corrected chi connectivity index (χ4v) is 1.42. The van der Waals surface area contributed by atoms with Gasteiger partial charge in [0.25, 0.3) is 0 Å². The van der Waals surface area contributed by atoms with Crippen LogP contribution in [-0.4, -0.2) is 55.1 Å². The molecule has 18 heavy (non-hydrogen) atoms. The zero-order valence-corrected chi connectivity index (χ0v) is 9.69. The number of carbonyl (C=O) groups excluding carboxylic acids is 2. The summed E-state index contributed by atoms with van der Waals surface area (Å²) in [6, 6.07) is 1.72. The molecule has 1 fully saturated rings. The van der Waals surface area contributed by atoms with Gasteiger partial charge in [0.1, 0.15) is 0 Å². The molecule has 100 valence electrons. The lowest BCUT2D eigenvalue weighted by Crippen LogP contribution is -2.54. The highest BCUT2D eigenvalue weighted by molar-refractivity contribution is 6.04. The number of carbonyl (C=O) groups is 2. The molecule has 1 heterocycles. The van der Waals surface area contributed by atoms with Crippen LogP contribution in [0.2, 0.25) is 0 Å². The molecule has 0 N–H and O–H groups in total. The van der Waals surface area contributed by atoms with E-state index in [1.54, 1.807) is 6.07 Å². The number of alkyl halides is 2. The maximum atomic E-state index is 13.4. The van der Waals surface area contributed by atoms with E-state index in [1.165, 1.54) is 6.92 Å². The minimum atomic E-state index is -4.23. The first-order valence-corrected chi connectivity index (χ1v) is 5.29. The second-order valence-electron chi connectivity index (χ2n) is 3.53. The number of halogens is 2. The first-order valence-electron chi connectivity index (χ1n) is 5.29. The standard InChI is InChI=1S/C10H12F2N2O4/c1-2-17-9(16)10(11,12)8(15)14-3-4-18-7(5-13)6-14/h7H,2-4,6H2,1H3. The first kappa shape index (κ1) is 14.3. The quantitative estimate of drug-likeness (QED) is 0.525. The van der Waals surface area contributed by atoms with Crippen LogP contribution in [0.15, 0.2) is 0 Å². The van der Waals surface area contributed by atoms with Crippen molar-refractivity contribution in [3.05, 3.63) is 0 Å². The van der Waals surface area contributed by atoms with Crippen LogP contribution in [0.5, 0.6) is 0 Å². The molecule has 0 spiro atoms. The van der Waals surface area contributed by atoms with Gasteiger partial charge in [-0.1, -0.05) is 0 Å². The van der Waals surface area contributed by atoms with Gasteiger partial charge in [-0.2, -0.15) is 14.0 Å². The summed E-state index contributed by atoms with van der Waals surface area (Å²) in [6.07, 6.45) is -0.958. The highest BCUT2D eigenvalue weighted by Gasteiger charge is 2.52. The summed E-state index contributed by atoms with van der Waals surface area (Å²) >= 11 is 0. The summed E-state index contributed by atoms with van der Waals surface area (Å²) in [5.74, 6) is -7.77. The molecule has 0 aromatic heterocycles. The highest BCUT2D eigenvalue weighted by atomic mass is 19.3. The molecule has 1 atom stereocenters. The molecular weight excluding hydrogens is 250 g/mol. The van der Waals surface area contributed by atoms with E-state index in [0.717, 1.165) is 4.90 Å². The predicted octanol–water partition coefficient (Wildman–Crippen LogP) is -0.0642. The van der Waals surface area contributed by atoms with Crippen LogP contribution >= 0.6 is 0 Å². The predicted molar refractivity (Wildman–Crippen MR) is 53.5 cm³/mol. The number of nitrogens with zero attached hydrogens (tertiary/aromatic N) is 2. The van der Waals surface area contributed by atoms with Crippen LogP contribution < -0.4 is 0 Å². The molecule has 1 saturated heterocycles. The van der Waals surface area contributed by atoms with Crippen LogP contribution in [0, 0.1) is 11.3 Å². The Morgan fingerprint density at radius 3 is 2.83 bits per heavy atom. The van der Waals surface area contributed by atoms with Gasteiger partial charge in [0.15, 0.2) is 6.10 Å². The molecule has 0 aliphatic carbocycles. The number of hydrogen-bond donors (Lipinski definition) is 0. The second-order valence-corrected chi connectivity index (χ2v) is 3.53. The Bertz CT molecular complexity index is 381. The molecule has 0 saturated carbocycles. The van der Waals surface area contributed by atoms with Gasteiger partial charge in [0.2, 0.25) is 0 Å². The summed E-state index contributed by atoms with van der Waals surface area (Å²) in [5, 5.41) is 8.59. The zero-order valence-electron chi connectivity index (χ0n) is 9.69. The molecule has 1 unspecified atom stereocenters. The summed E-state index contributed by atoms with van der Waals surface area (Å²) in [4.78, 5) is 23.2.